The van der Waals surface area contributed by atoms with Crippen LogP contribution in [0.4, 0.5) is 14.6 Å². The molecule has 4 aromatic rings. The van der Waals surface area contributed by atoms with Crippen LogP contribution in [-0.2, 0) is 11.3 Å². The lowest BCUT2D eigenvalue weighted by Gasteiger charge is -2.27. The van der Waals surface area contributed by atoms with E-state index in [0.29, 0.717) is 22.6 Å². The highest BCUT2D eigenvalue weighted by Gasteiger charge is 2.30. The molecule has 0 aliphatic carbocycles. The molecule has 0 saturated carbocycles. The van der Waals surface area contributed by atoms with E-state index >= 15 is 0 Å². The number of carbonyl (C=O) groups is 1. The molecule has 0 fully saturated rings. The first-order chi connectivity index (χ1) is 16.2. The van der Waals surface area contributed by atoms with Crippen molar-refractivity contribution in [2.45, 2.75) is 20.4 Å². The molecule has 0 spiro atoms. The van der Waals surface area contributed by atoms with Gasteiger partial charge < -0.3 is 14.5 Å². The highest BCUT2D eigenvalue weighted by Crippen LogP contribution is 2.27. The highest BCUT2D eigenvalue weighted by atomic mass is 19.1. The molecule has 3 heterocycles. The van der Waals surface area contributed by atoms with Gasteiger partial charge in [0.2, 0.25) is 0 Å². The fourth-order valence-electron chi connectivity index (χ4n) is 3.47. The van der Waals surface area contributed by atoms with Gasteiger partial charge in [0.05, 0.1) is 23.9 Å². The van der Waals surface area contributed by atoms with Gasteiger partial charge in [-0.05, 0) is 26.0 Å². The maximum atomic E-state index is 14.5. The molecule has 9 nitrogen and oxygen atoms in total. The van der Waals surface area contributed by atoms with Crippen LogP contribution in [0, 0.1) is 17.0 Å². The molecule has 1 N–H and O–H groups in total. The van der Waals surface area contributed by atoms with E-state index in [1.54, 1.807) is 51.2 Å². The van der Waals surface area contributed by atoms with Crippen molar-refractivity contribution >= 4 is 11.8 Å². The Balaban J connectivity index is 1.73. The molecule has 4 rings (SSSR count). The molecule has 11 heteroatoms. The van der Waals surface area contributed by atoms with Crippen molar-refractivity contribution in [2.75, 3.05) is 18.5 Å². The molecule has 0 atom stereocenters. The molecule has 0 amide bonds. The first-order valence-corrected chi connectivity index (χ1v) is 10.3. The lowest BCUT2D eigenvalue weighted by molar-refractivity contribution is -0.146. The van der Waals surface area contributed by atoms with Gasteiger partial charge in [0, 0.05) is 25.2 Å². The topological polar surface area (TPSA) is 110 Å². The standard InChI is InChI=1S/C23H22F2N6O3/c1-23(2,22(32)33)13-30(3)21-16(25)11-26-20(27-21)18-10-19(17-8-9-34-29-17)31(28-18)12-14-6-4-5-7-15(14)24/h4-11H,12-13H2,1-3H3,(H,32,33). The van der Waals surface area contributed by atoms with Crippen molar-refractivity contribution in [1.82, 2.24) is 24.9 Å². The molecule has 0 saturated heterocycles. The van der Waals surface area contributed by atoms with Gasteiger partial charge in [0.1, 0.15) is 23.5 Å². The predicted molar refractivity (Wildman–Crippen MR) is 119 cm³/mol. The van der Waals surface area contributed by atoms with E-state index in [-0.39, 0.29) is 30.5 Å². The van der Waals surface area contributed by atoms with E-state index in [9.17, 15) is 18.7 Å². The summed E-state index contributed by atoms with van der Waals surface area (Å²) < 4.78 is 35.3. The smallest absolute Gasteiger partial charge is 0.310 e. The Morgan fingerprint density at radius 2 is 1.94 bits per heavy atom. The van der Waals surface area contributed by atoms with Crippen LogP contribution < -0.4 is 4.90 Å². The van der Waals surface area contributed by atoms with Gasteiger partial charge in [-0.25, -0.2) is 18.7 Å². The molecule has 1 aromatic carbocycles. The van der Waals surface area contributed by atoms with Crippen LogP contribution in [0.1, 0.15) is 19.4 Å². The van der Waals surface area contributed by atoms with Crippen molar-refractivity contribution in [3.63, 3.8) is 0 Å². The molecule has 0 unspecified atom stereocenters. The SMILES string of the molecule is CN(CC(C)(C)C(=O)O)c1nc(-c2cc(-c3ccon3)n(Cc3ccccc3F)n2)ncc1F. The Morgan fingerprint density at radius 1 is 1.18 bits per heavy atom. The number of aromatic nitrogens is 5. The second kappa shape index (κ2) is 9.00. The molecule has 0 aliphatic heterocycles. The number of nitrogens with zero attached hydrogens (tertiary/aromatic N) is 6. The summed E-state index contributed by atoms with van der Waals surface area (Å²) in [5, 5.41) is 17.9. The predicted octanol–water partition coefficient (Wildman–Crippen LogP) is 3.87. The second-order valence-corrected chi connectivity index (χ2v) is 8.46. The van der Waals surface area contributed by atoms with Crippen LogP contribution in [0.25, 0.3) is 22.9 Å². The number of anilines is 1. The van der Waals surface area contributed by atoms with Crippen molar-refractivity contribution in [3.8, 4) is 22.9 Å². The maximum absolute atomic E-state index is 14.5. The lowest BCUT2D eigenvalue weighted by Crippen LogP contribution is -2.38. The summed E-state index contributed by atoms with van der Waals surface area (Å²) in [6.45, 7) is 3.21. The van der Waals surface area contributed by atoms with Crippen molar-refractivity contribution in [2.24, 2.45) is 5.41 Å². The minimum atomic E-state index is -1.13. The summed E-state index contributed by atoms with van der Waals surface area (Å²) in [6.07, 6.45) is 2.41. The first kappa shape index (κ1) is 23.0. The first-order valence-electron chi connectivity index (χ1n) is 10.3. The third-order valence-electron chi connectivity index (χ3n) is 5.29. The third kappa shape index (κ3) is 4.63. The van der Waals surface area contributed by atoms with Gasteiger partial charge in [-0.2, -0.15) is 5.10 Å². The van der Waals surface area contributed by atoms with E-state index in [0.717, 1.165) is 6.20 Å². The van der Waals surface area contributed by atoms with Crippen LogP contribution in [0.5, 0.6) is 0 Å². The minimum Gasteiger partial charge on any atom is -0.481 e. The van der Waals surface area contributed by atoms with Crippen LogP contribution in [0.2, 0.25) is 0 Å². The van der Waals surface area contributed by atoms with Crippen LogP contribution in [0.3, 0.4) is 0 Å². The van der Waals surface area contributed by atoms with Gasteiger partial charge in [-0.15, -0.1) is 0 Å². The highest BCUT2D eigenvalue weighted by molar-refractivity contribution is 5.74. The summed E-state index contributed by atoms with van der Waals surface area (Å²) in [4.78, 5) is 21.3. The average molecular weight is 468 g/mol. The summed E-state index contributed by atoms with van der Waals surface area (Å²) in [7, 11) is 1.55. The van der Waals surface area contributed by atoms with Crippen LogP contribution in [-0.4, -0.2) is 49.6 Å². The second-order valence-electron chi connectivity index (χ2n) is 8.46. The zero-order valence-electron chi connectivity index (χ0n) is 18.7. The Labute approximate surface area is 193 Å². The van der Waals surface area contributed by atoms with Gasteiger partial charge in [0.15, 0.2) is 17.5 Å². The number of benzene rings is 1. The Morgan fingerprint density at radius 3 is 2.62 bits per heavy atom. The number of carboxylic acid groups (broad SMARTS) is 1. The zero-order valence-corrected chi connectivity index (χ0v) is 18.7. The zero-order chi connectivity index (χ0) is 24.5. The van der Waals surface area contributed by atoms with E-state index in [1.807, 2.05) is 0 Å². The lowest BCUT2D eigenvalue weighted by atomic mass is 9.93. The van der Waals surface area contributed by atoms with E-state index in [4.69, 9.17) is 4.52 Å². The van der Waals surface area contributed by atoms with Crippen molar-refractivity contribution in [3.05, 3.63) is 66.1 Å². The molecule has 3 aromatic heterocycles. The van der Waals surface area contributed by atoms with Gasteiger partial charge >= 0.3 is 5.97 Å². The quantitative estimate of drug-likeness (QED) is 0.415. The van der Waals surface area contributed by atoms with Crippen LogP contribution in [0.15, 0.2) is 53.4 Å². The van der Waals surface area contributed by atoms with E-state index in [2.05, 4.69) is 20.2 Å². The molecule has 0 aliphatic rings. The van der Waals surface area contributed by atoms with Crippen LogP contribution >= 0.6 is 0 Å². The average Bonchev–Trinajstić information content (AvgIpc) is 3.45. The number of hydrogen-bond acceptors (Lipinski definition) is 7. The van der Waals surface area contributed by atoms with E-state index < -0.39 is 17.2 Å². The number of halogens is 2. The molecule has 176 valence electrons. The fraction of sp³-hybridized carbons (Fsp3) is 0.261. The number of aliphatic carboxylic acids is 1. The molecule has 0 radical (unpaired) electrons. The summed E-state index contributed by atoms with van der Waals surface area (Å²) in [5.74, 6) is -2.04. The Hall–Kier alpha value is -4.15. The molecular weight excluding hydrogens is 446 g/mol. The summed E-state index contributed by atoms with van der Waals surface area (Å²) in [6, 6.07) is 9.62. The monoisotopic (exact) mass is 468 g/mol. The largest absolute Gasteiger partial charge is 0.481 e. The molecular formula is C23H22F2N6O3. The van der Waals surface area contributed by atoms with E-state index in [1.165, 1.54) is 21.9 Å². The van der Waals surface area contributed by atoms with Crippen molar-refractivity contribution in [1.29, 1.82) is 0 Å². The number of rotatable bonds is 8. The fourth-order valence-corrected chi connectivity index (χ4v) is 3.47. The summed E-state index contributed by atoms with van der Waals surface area (Å²) in [5.41, 5.74) is 0.590. The summed E-state index contributed by atoms with van der Waals surface area (Å²) >= 11 is 0. The Bertz CT molecular complexity index is 1320. The number of hydrogen-bond donors (Lipinski definition) is 1. The third-order valence-corrected chi connectivity index (χ3v) is 5.29. The maximum Gasteiger partial charge on any atom is 0.310 e. The molecule has 34 heavy (non-hydrogen) atoms. The minimum absolute atomic E-state index is 0.0155. The number of carboxylic acids is 1. The Kier molecular flexibility index (Phi) is 6.10. The van der Waals surface area contributed by atoms with Crippen molar-refractivity contribution < 1.29 is 23.2 Å². The van der Waals surface area contributed by atoms with Gasteiger partial charge in [0.25, 0.3) is 0 Å². The normalized spacial score (nSPS) is 11.6. The molecule has 0 bridgehead atoms. The van der Waals surface area contributed by atoms with Gasteiger partial charge in [-0.3, -0.25) is 9.48 Å². The van der Waals surface area contributed by atoms with Gasteiger partial charge in [-0.1, -0.05) is 23.4 Å².